The highest BCUT2D eigenvalue weighted by molar-refractivity contribution is 6.29. The molecule has 0 saturated heterocycles. The summed E-state index contributed by atoms with van der Waals surface area (Å²) >= 11 is 5.52. The van der Waals surface area contributed by atoms with Crippen LogP contribution in [0.15, 0.2) is 12.4 Å². The number of hydrogen-bond acceptors (Lipinski definition) is 4. The molecule has 1 aromatic heterocycles. The van der Waals surface area contributed by atoms with E-state index in [0.29, 0.717) is 0 Å². The van der Waals surface area contributed by atoms with Crippen LogP contribution in [-0.2, 0) is 4.79 Å². The van der Waals surface area contributed by atoms with Crippen molar-refractivity contribution in [2.75, 3.05) is 0 Å². The summed E-state index contributed by atoms with van der Waals surface area (Å²) in [6, 6.07) is -0.958. The van der Waals surface area contributed by atoms with E-state index in [2.05, 4.69) is 15.3 Å². The largest absolute Gasteiger partial charge is 0.480 e. The number of aliphatic carboxylic acids is 1. The minimum absolute atomic E-state index is 0.0290. The van der Waals surface area contributed by atoms with E-state index in [4.69, 9.17) is 16.7 Å². The first kappa shape index (κ1) is 13.4. The highest BCUT2D eigenvalue weighted by atomic mass is 35.5. The fourth-order valence-corrected chi connectivity index (χ4v) is 1.26. The standard InChI is InChI=1S/C10H12ClN3O3/c1-5(2)8(10(16)17)14-9(15)6-3-13-7(11)4-12-6/h3-5,8H,1-2H3,(H,14,15)(H,16,17)/t8-/m0/s1. The van der Waals surface area contributed by atoms with Gasteiger partial charge in [-0.05, 0) is 5.92 Å². The van der Waals surface area contributed by atoms with Gasteiger partial charge in [-0.3, -0.25) is 4.79 Å². The number of carbonyl (C=O) groups excluding carboxylic acids is 1. The molecule has 17 heavy (non-hydrogen) atoms. The van der Waals surface area contributed by atoms with Crippen molar-refractivity contribution in [2.24, 2.45) is 5.92 Å². The van der Waals surface area contributed by atoms with E-state index in [-0.39, 0.29) is 16.8 Å². The number of aromatic nitrogens is 2. The third kappa shape index (κ3) is 3.67. The number of nitrogens with one attached hydrogen (secondary N) is 1. The van der Waals surface area contributed by atoms with Gasteiger partial charge in [0.25, 0.3) is 5.91 Å². The zero-order chi connectivity index (χ0) is 13.0. The summed E-state index contributed by atoms with van der Waals surface area (Å²) in [5.41, 5.74) is 0.0290. The van der Waals surface area contributed by atoms with Gasteiger partial charge >= 0.3 is 5.97 Å². The molecular formula is C10H12ClN3O3. The molecule has 1 heterocycles. The zero-order valence-electron chi connectivity index (χ0n) is 9.35. The lowest BCUT2D eigenvalue weighted by molar-refractivity contribution is -0.140. The molecule has 7 heteroatoms. The Morgan fingerprint density at radius 1 is 1.35 bits per heavy atom. The first-order valence-electron chi connectivity index (χ1n) is 4.93. The first-order chi connectivity index (χ1) is 7.91. The predicted molar refractivity (Wildman–Crippen MR) is 60.8 cm³/mol. The van der Waals surface area contributed by atoms with Gasteiger partial charge in [-0.15, -0.1) is 0 Å². The van der Waals surface area contributed by atoms with Crippen LogP contribution in [0.25, 0.3) is 0 Å². The third-order valence-electron chi connectivity index (χ3n) is 2.07. The SMILES string of the molecule is CC(C)[C@H](NC(=O)c1cnc(Cl)cn1)C(=O)O. The first-order valence-corrected chi connectivity index (χ1v) is 5.31. The fourth-order valence-electron chi connectivity index (χ4n) is 1.16. The highest BCUT2D eigenvalue weighted by Crippen LogP contribution is 2.05. The lowest BCUT2D eigenvalue weighted by Crippen LogP contribution is -2.44. The molecule has 1 atom stereocenters. The number of nitrogens with zero attached hydrogens (tertiary/aromatic N) is 2. The Morgan fingerprint density at radius 3 is 2.41 bits per heavy atom. The molecule has 0 aliphatic heterocycles. The molecule has 0 unspecified atom stereocenters. The van der Waals surface area contributed by atoms with Crippen molar-refractivity contribution in [1.82, 2.24) is 15.3 Å². The molecule has 2 N–H and O–H groups in total. The molecule has 0 bridgehead atoms. The van der Waals surface area contributed by atoms with Crippen LogP contribution in [0, 0.1) is 5.92 Å². The predicted octanol–water partition coefficient (Wildman–Crippen LogP) is 0.969. The monoisotopic (exact) mass is 257 g/mol. The number of hydrogen-bond donors (Lipinski definition) is 2. The van der Waals surface area contributed by atoms with Gasteiger partial charge in [-0.2, -0.15) is 0 Å². The van der Waals surface area contributed by atoms with Gasteiger partial charge in [-0.25, -0.2) is 14.8 Å². The van der Waals surface area contributed by atoms with Crippen LogP contribution in [0.5, 0.6) is 0 Å². The summed E-state index contributed by atoms with van der Waals surface area (Å²) in [4.78, 5) is 30.0. The van der Waals surface area contributed by atoms with Gasteiger partial charge in [0.15, 0.2) is 0 Å². The van der Waals surface area contributed by atoms with E-state index in [1.807, 2.05) is 0 Å². The van der Waals surface area contributed by atoms with Crippen molar-refractivity contribution in [1.29, 1.82) is 0 Å². The summed E-state index contributed by atoms with van der Waals surface area (Å²) in [5, 5.41) is 11.4. The van der Waals surface area contributed by atoms with Gasteiger partial charge < -0.3 is 10.4 Å². The Morgan fingerprint density at radius 2 is 2.00 bits per heavy atom. The Hall–Kier alpha value is -1.69. The van der Waals surface area contributed by atoms with Crippen molar-refractivity contribution in [3.63, 3.8) is 0 Å². The Balaban J connectivity index is 2.77. The minimum atomic E-state index is -1.09. The average molecular weight is 258 g/mol. The highest BCUT2D eigenvalue weighted by Gasteiger charge is 2.24. The van der Waals surface area contributed by atoms with E-state index >= 15 is 0 Å². The molecule has 0 fully saturated rings. The van der Waals surface area contributed by atoms with Crippen LogP contribution in [0.2, 0.25) is 5.15 Å². The van der Waals surface area contributed by atoms with Crippen LogP contribution in [-0.4, -0.2) is 33.0 Å². The molecule has 0 aliphatic rings. The van der Waals surface area contributed by atoms with E-state index < -0.39 is 17.9 Å². The number of carboxylic acids is 1. The van der Waals surface area contributed by atoms with Gasteiger partial charge in [-0.1, -0.05) is 25.4 Å². The van der Waals surface area contributed by atoms with Gasteiger partial charge in [0.05, 0.1) is 12.4 Å². The van der Waals surface area contributed by atoms with E-state index in [9.17, 15) is 9.59 Å². The van der Waals surface area contributed by atoms with E-state index in [0.717, 1.165) is 0 Å². The second-order valence-corrected chi connectivity index (χ2v) is 4.14. The van der Waals surface area contributed by atoms with Gasteiger partial charge in [0.1, 0.15) is 16.9 Å². The molecule has 6 nitrogen and oxygen atoms in total. The summed E-state index contributed by atoms with van der Waals surface area (Å²) < 4.78 is 0. The van der Waals surface area contributed by atoms with Crippen LogP contribution < -0.4 is 5.32 Å². The summed E-state index contributed by atoms with van der Waals surface area (Å²) in [7, 11) is 0. The van der Waals surface area contributed by atoms with E-state index in [1.54, 1.807) is 13.8 Å². The maximum Gasteiger partial charge on any atom is 0.326 e. The minimum Gasteiger partial charge on any atom is -0.480 e. The number of rotatable bonds is 4. The molecule has 1 amide bonds. The molecule has 0 radical (unpaired) electrons. The smallest absolute Gasteiger partial charge is 0.326 e. The molecule has 92 valence electrons. The third-order valence-corrected chi connectivity index (χ3v) is 2.27. The second-order valence-electron chi connectivity index (χ2n) is 3.76. The van der Waals surface area contributed by atoms with Crippen LogP contribution in [0.4, 0.5) is 0 Å². The van der Waals surface area contributed by atoms with Crippen molar-refractivity contribution in [3.05, 3.63) is 23.2 Å². The number of carbonyl (C=O) groups is 2. The Bertz CT molecular complexity index is 419. The van der Waals surface area contributed by atoms with Gasteiger partial charge in [0, 0.05) is 0 Å². The molecule has 0 aliphatic carbocycles. The van der Waals surface area contributed by atoms with Crippen molar-refractivity contribution >= 4 is 23.5 Å². The molecular weight excluding hydrogens is 246 g/mol. The number of amides is 1. The van der Waals surface area contributed by atoms with Crippen molar-refractivity contribution in [3.8, 4) is 0 Å². The van der Waals surface area contributed by atoms with Crippen molar-refractivity contribution in [2.45, 2.75) is 19.9 Å². The lowest BCUT2D eigenvalue weighted by Gasteiger charge is -2.17. The average Bonchev–Trinajstić information content (AvgIpc) is 2.25. The van der Waals surface area contributed by atoms with Crippen LogP contribution in [0.3, 0.4) is 0 Å². The fraction of sp³-hybridized carbons (Fsp3) is 0.400. The quantitative estimate of drug-likeness (QED) is 0.838. The Kier molecular flexibility index (Phi) is 4.39. The number of halogens is 1. The molecule has 1 rings (SSSR count). The zero-order valence-corrected chi connectivity index (χ0v) is 10.1. The maximum absolute atomic E-state index is 11.7. The molecule has 0 aromatic carbocycles. The molecule has 0 saturated carbocycles. The van der Waals surface area contributed by atoms with Gasteiger partial charge in [0.2, 0.25) is 0 Å². The van der Waals surface area contributed by atoms with Crippen LogP contribution in [0.1, 0.15) is 24.3 Å². The number of carboxylic acid groups (broad SMARTS) is 1. The summed E-state index contributed by atoms with van der Waals surface area (Å²) in [6.45, 7) is 3.40. The summed E-state index contributed by atoms with van der Waals surface area (Å²) in [6.07, 6.45) is 2.42. The molecule has 1 aromatic rings. The van der Waals surface area contributed by atoms with Crippen LogP contribution >= 0.6 is 11.6 Å². The molecule has 0 spiro atoms. The topological polar surface area (TPSA) is 92.2 Å². The maximum atomic E-state index is 11.7. The second kappa shape index (κ2) is 5.58. The Labute approximate surface area is 103 Å². The lowest BCUT2D eigenvalue weighted by atomic mass is 10.0. The van der Waals surface area contributed by atoms with Crippen molar-refractivity contribution < 1.29 is 14.7 Å². The van der Waals surface area contributed by atoms with E-state index in [1.165, 1.54) is 12.4 Å². The normalized spacial score (nSPS) is 12.2. The summed E-state index contributed by atoms with van der Waals surface area (Å²) in [5.74, 6) is -1.90.